The van der Waals surface area contributed by atoms with Gasteiger partial charge in [0.05, 0.1) is 6.10 Å². The second-order valence-corrected chi connectivity index (χ2v) is 4.01. The fourth-order valence-corrected chi connectivity index (χ4v) is 1.57. The Morgan fingerprint density at radius 3 is 2.81 bits per heavy atom. The Kier molecular flexibility index (Phi) is 6.00. The lowest BCUT2D eigenvalue weighted by molar-refractivity contribution is 0.106. The van der Waals surface area contributed by atoms with E-state index in [9.17, 15) is 0 Å². The highest BCUT2D eigenvalue weighted by atomic mass is 16.5. The fourth-order valence-electron chi connectivity index (χ4n) is 1.57. The highest BCUT2D eigenvalue weighted by Crippen LogP contribution is 2.08. The van der Waals surface area contributed by atoms with Crippen molar-refractivity contribution in [1.29, 1.82) is 0 Å². The number of pyridine rings is 1. The van der Waals surface area contributed by atoms with Crippen molar-refractivity contribution in [2.45, 2.75) is 38.3 Å². The first-order valence-electron chi connectivity index (χ1n) is 5.65. The third-order valence-electron chi connectivity index (χ3n) is 2.74. The average molecular weight is 223 g/mol. The van der Waals surface area contributed by atoms with Crippen LogP contribution >= 0.6 is 0 Å². The Hall–Kier alpha value is -0.970. The average Bonchev–Trinajstić information content (AvgIpc) is 2.35. The number of hydrazine groups is 1. The van der Waals surface area contributed by atoms with Crippen molar-refractivity contribution in [3.63, 3.8) is 0 Å². The Balaban J connectivity index is 2.37. The molecule has 0 aliphatic heterocycles. The van der Waals surface area contributed by atoms with Gasteiger partial charge in [0.15, 0.2) is 0 Å². The molecule has 0 fully saturated rings. The Morgan fingerprint density at radius 2 is 2.25 bits per heavy atom. The molecule has 4 nitrogen and oxygen atoms in total. The predicted molar refractivity (Wildman–Crippen MR) is 64.8 cm³/mol. The van der Waals surface area contributed by atoms with Crippen LogP contribution in [0, 0.1) is 0 Å². The maximum absolute atomic E-state index is 5.53. The van der Waals surface area contributed by atoms with Crippen molar-refractivity contribution in [2.24, 2.45) is 5.84 Å². The van der Waals surface area contributed by atoms with Crippen LogP contribution in [0.5, 0.6) is 0 Å². The number of aromatic nitrogens is 1. The Bertz CT molecular complexity index is 279. The van der Waals surface area contributed by atoms with Gasteiger partial charge in [-0.3, -0.25) is 16.3 Å². The van der Waals surface area contributed by atoms with Gasteiger partial charge >= 0.3 is 0 Å². The first-order chi connectivity index (χ1) is 7.76. The molecule has 90 valence electrons. The number of hydrogen-bond acceptors (Lipinski definition) is 4. The van der Waals surface area contributed by atoms with Crippen LogP contribution in [-0.2, 0) is 11.2 Å². The normalized spacial score (nSPS) is 14.7. The molecule has 0 saturated heterocycles. The monoisotopic (exact) mass is 223 g/mol. The van der Waals surface area contributed by atoms with E-state index in [1.807, 2.05) is 18.2 Å². The molecule has 1 aromatic heterocycles. The largest absolute Gasteiger partial charge is 0.382 e. The van der Waals surface area contributed by atoms with E-state index in [1.54, 1.807) is 13.3 Å². The van der Waals surface area contributed by atoms with E-state index in [1.165, 1.54) is 0 Å². The van der Waals surface area contributed by atoms with Crippen LogP contribution in [0.2, 0.25) is 0 Å². The molecule has 0 aromatic carbocycles. The van der Waals surface area contributed by atoms with Gasteiger partial charge in [0.25, 0.3) is 0 Å². The van der Waals surface area contributed by atoms with Crippen molar-refractivity contribution in [3.05, 3.63) is 30.1 Å². The number of nitrogens with one attached hydrogen (secondary N) is 1. The van der Waals surface area contributed by atoms with Crippen molar-refractivity contribution in [2.75, 3.05) is 7.11 Å². The minimum absolute atomic E-state index is 0.257. The zero-order valence-electron chi connectivity index (χ0n) is 10.0. The molecular formula is C12H21N3O. The van der Waals surface area contributed by atoms with Crippen LogP contribution in [0.3, 0.4) is 0 Å². The molecule has 16 heavy (non-hydrogen) atoms. The Labute approximate surface area is 97.2 Å². The number of rotatable bonds is 7. The molecule has 3 N–H and O–H groups in total. The maximum atomic E-state index is 5.53. The van der Waals surface area contributed by atoms with Gasteiger partial charge in [-0.1, -0.05) is 6.07 Å². The summed E-state index contributed by atoms with van der Waals surface area (Å²) >= 11 is 0. The first-order valence-corrected chi connectivity index (χ1v) is 5.65. The molecule has 2 unspecified atom stereocenters. The summed E-state index contributed by atoms with van der Waals surface area (Å²) in [6.07, 6.45) is 4.92. The second-order valence-electron chi connectivity index (χ2n) is 4.01. The summed E-state index contributed by atoms with van der Waals surface area (Å²) < 4.78 is 5.21. The molecule has 2 atom stereocenters. The van der Waals surface area contributed by atoms with E-state index in [2.05, 4.69) is 17.3 Å². The standard InChI is InChI=1S/C12H21N3O/c1-10(16-2)6-7-12(15-13)9-11-5-3-4-8-14-11/h3-5,8,10,12,15H,6-7,9,13H2,1-2H3. The van der Waals surface area contributed by atoms with Crippen LogP contribution in [0.1, 0.15) is 25.5 Å². The number of methoxy groups -OCH3 is 1. The van der Waals surface area contributed by atoms with E-state index in [-0.39, 0.29) is 12.1 Å². The van der Waals surface area contributed by atoms with Crippen LogP contribution < -0.4 is 11.3 Å². The lowest BCUT2D eigenvalue weighted by atomic mass is 10.0. The summed E-state index contributed by atoms with van der Waals surface area (Å²) in [7, 11) is 1.73. The molecule has 0 radical (unpaired) electrons. The number of nitrogens with zero attached hydrogens (tertiary/aromatic N) is 1. The van der Waals surface area contributed by atoms with E-state index < -0.39 is 0 Å². The van der Waals surface area contributed by atoms with Crippen LogP contribution in [0.25, 0.3) is 0 Å². The third kappa shape index (κ3) is 4.70. The minimum Gasteiger partial charge on any atom is -0.382 e. The summed E-state index contributed by atoms with van der Waals surface area (Å²) in [6.45, 7) is 2.06. The van der Waals surface area contributed by atoms with Gasteiger partial charge in [-0.25, -0.2) is 0 Å². The zero-order chi connectivity index (χ0) is 11.8. The minimum atomic E-state index is 0.257. The number of hydrogen-bond donors (Lipinski definition) is 2. The fraction of sp³-hybridized carbons (Fsp3) is 0.583. The van der Waals surface area contributed by atoms with Crippen LogP contribution in [-0.4, -0.2) is 24.2 Å². The van der Waals surface area contributed by atoms with Crippen molar-refractivity contribution < 1.29 is 4.74 Å². The lowest BCUT2D eigenvalue weighted by Gasteiger charge is -2.17. The predicted octanol–water partition coefficient (Wildman–Crippen LogP) is 1.27. The summed E-state index contributed by atoms with van der Waals surface area (Å²) in [5.41, 5.74) is 3.90. The van der Waals surface area contributed by atoms with Crippen LogP contribution in [0.15, 0.2) is 24.4 Å². The summed E-state index contributed by atoms with van der Waals surface area (Å²) in [4.78, 5) is 4.29. The van der Waals surface area contributed by atoms with Gasteiger partial charge < -0.3 is 4.74 Å². The summed E-state index contributed by atoms with van der Waals surface area (Å²) in [5.74, 6) is 5.53. The quantitative estimate of drug-likeness (QED) is 0.540. The van der Waals surface area contributed by atoms with Crippen molar-refractivity contribution >= 4 is 0 Å². The lowest BCUT2D eigenvalue weighted by Crippen LogP contribution is -2.37. The molecule has 0 amide bonds. The molecule has 0 spiro atoms. The van der Waals surface area contributed by atoms with E-state index in [0.717, 1.165) is 25.0 Å². The molecule has 0 aliphatic carbocycles. The highest BCUT2D eigenvalue weighted by Gasteiger charge is 2.10. The highest BCUT2D eigenvalue weighted by molar-refractivity contribution is 5.05. The molecule has 1 rings (SSSR count). The van der Waals surface area contributed by atoms with E-state index >= 15 is 0 Å². The molecule has 0 saturated carbocycles. The molecular weight excluding hydrogens is 202 g/mol. The van der Waals surface area contributed by atoms with Crippen molar-refractivity contribution in [1.82, 2.24) is 10.4 Å². The van der Waals surface area contributed by atoms with E-state index in [4.69, 9.17) is 10.6 Å². The van der Waals surface area contributed by atoms with Gasteiger partial charge in [-0.15, -0.1) is 0 Å². The van der Waals surface area contributed by atoms with E-state index in [0.29, 0.717) is 0 Å². The third-order valence-corrected chi connectivity index (χ3v) is 2.74. The molecule has 4 heteroatoms. The molecule has 1 aromatic rings. The molecule has 0 bridgehead atoms. The summed E-state index contributed by atoms with van der Waals surface area (Å²) in [5, 5.41) is 0. The SMILES string of the molecule is COC(C)CCC(Cc1ccccn1)NN. The van der Waals surface area contributed by atoms with Gasteiger partial charge in [0, 0.05) is 31.5 Å². The summed E-state index contributed by atoms with van der Waals surface area (Å²) in [6, 6.07) is 6.19. The maximum Gasteiger partial charge on any atom is 0.0543 e. The van der Waals surface area contributed by atoms with Crippen molar-refractivity contribution in [3.8, 4) is 0 Å². The van der Waals surface area contributed by atoms with Gasteiger partial charge in [-0.05, 0) is 31.9 Å². The van der Waals surface area contributed by atoms with Crippen LogP contribution in [0.4, 0.5) is 0 Å². The first kappa shape index (κ1) is 13.1. The zero-order valence-corrected chi connectivity index (χ0v) is 10.0. The molecule has 1 heterocycles. The van der Waals surface area contributed by atoms with Gasteiger partial charge in [0.2, 0.25) is 0 Å². The number of nitrogens with two attached hydrogens (primary N) is 1. The Morgan fingerprint density at radius 1 is 1.44 bits per heavy atom. The van der Waals surface area contributed by atoms with Gasteiger partial charge in [-0.2, -0.15) is 0 Å². The smallest absolute Gasteiger partial charge is 0.0543 e. The molecule has 0 aliphatic rings. The van der Waals surface area contributed by atoms with Gasteiger partial charge in [0.1, 0.15) is 0 Å². The topological polar surface area (TPSA) is 60.2 Å². The number of ether oxygens (including phenoxy) is 1. The second kappa shape index (κ2) is 7.33.